The molecule has 1 N–H and O–H groups in total. The fraction of sp³-hybridized carbons (Fsp3) is 0.500. The Morgan fingerprint density at radius 2 is 2.07 bits per heavy atom. The topological polar surface area (TPSA) is 92.6 Å². The zero-order valence-corrected chi connectivity index (χ0v) is 16.6. The summed E-state index contributed by atoms with van der Waals surface area (Å²) in [5, 5.41) is 7.34. The van der Waals surface area contributed by atoms with Crippen LogP contribution in [0.1, 0.15) is 23.9 Å². The summed E-state index contributed by atoms with van der Waals surface area (Å²) in [7, 11) is 0. The second kappa shape index (κ2) is 8.60. The molecule has 1 fully saturated rings. The number of nitrogens with one attached hydrogen (secondary N) is 1. The molecule has 0 radical (unpaired) electrons. The summed E-state index contributed by atoms with van der Waals surface area (Å²) in [6.45, 7) is 6.83. The van der Waals surface area contributed by atoms with Gasteiger partial charge in [-0.2, -0.15) is 5.10 Å². The van der Waals surface area contributed by atoms with E-state index >= 15 is 0 Å². The monoisotopic (exact) mass is 398 g/mol. The van der Waals surface area contributed by atoms with Gasteiger partial charge in [0, 0.05) is 50.8 Å². The number of hydrogen-bond acceptors (Lipinski definition) is 6. The van der Waals surface area contributed by atoms with E-state index in [1.54, 1.807) is 11.0 Å². The minimum atomic E-state index is -0.158. The number of morpholine rings is 1. The van der Waals surface area contributed by atoms with Gasteiger partial charge in [-0.1, -0.05) is 6.07 Å². The molecule has 2 aliphatic rings. The van der Waals surface area contributed by atoms with Gasteiger partial charge in [-0.3, -0.25) is 4.79 Å². The molecule has 0 aromatic carbocycles. The number of carbonyl (C=O) groups excluding carboxylic acids is 1. The molecule has 2 amide bonds. The van der Waals surface area contributed by atoms with Crippen LogP contribution in [0.4, 0.5) is 10.6 Å². The minimum absolute atomic E-state index is 0.127. The van der Waals surface area contributed by atoms with Gasteiger partial charge in [0.15, 0.2) is 0 Å². The highest BCUT2D eigenvalue weighted by atomic mass is 16.5. The molecule has 0 spiro atoms. The molecule has 2 aromatic rings. The first-order valence-corrected chi connectivity index (χ1v) is 10.1. The number of anilines is 1. The van der Waals surface area contributed by atoms with Crippen molar-refractivity contribution in [3.63, 3.8) is 0 Å². The molecule has 9 nitrogen and oxygen atoms in total. The number of hydrogen-bond donors (Lipinski definition) is 1. The quantitative estimate of drug-likeness (QED) is 0.818. The molecule has 154 valence electrons. The first kappa shape index (κ1) is 19.4. The van der Waals surface area contributed by atoms with Crippen LogP contribution >= 0.6 is 0 Å². The number of aromatic nitrogens is 3. The SMILES string of the molecule is CCn1nc2c(cc1=O)CN(C(=O)NCc1cccc(N3CCOCC3)n1)CC2. The van der Waals surface area contributed by atoms with E-state index in [1.165, 1.54) is 4.68 Å². The van der Waals surface area contributed by atoms with E-state index in [0.29, 0.717) is 45.8 Å². The van der Waals surface area contributed by atoms with Crippen LogP contribution in [0.5, 0.6) is 0 Å². The molecule has 2 aliphatic heterocycles. The number of urea groups is 1. The van der Waals surface area contributed by atoms with Crippen molar-refractivity contribution in [2.75, 3.05) is 37.7 Å². The van der Waals surface area contributed by atoms with Crippen LogP contribution < -0.4 is 15.8 Å². The fourth-order valence-electron chi connectivity index (χ4n) is 3.65. The van der Waals surface area contributed by atoms with Crippen molar-refractivity contribution in [2.45, 2.75) is 33.0 Å². The number of fused-ring (bicyclic) bond motifs is 1. The predicted molar refractivity (Wildman–Crippen MR) is 108 cm³/mol. The average molecular weight is 398 g/mol. The van der Waals surface area contributed by atoms with E-state index in [4.69, 9.17) is 4.74 Å². The molecule has 0 bridgehead atoms. The van der Waals surface area contributed by atoms with Crippen LogP contribution in [0.3, 0.4) is 0 Å². The highest BCUT2D eigenvalue weighted by Gasteiger charge is 2.23. The molecule has 0 atom stereocenters. The summed E-state index contributed by atoms with van der Waals surface area (Å²) in [5.74, 6) is 0.908. The van der Waals surface area contributed by atoms with Crippen molar-refractivity contribution < 1.29 is 9.53 Å². The Balaban J connectivity index is 1.37. The maximum atomic E-state index is 12.6. The number of aryl methyl sites for hydroxylation is 1. The van der Waals surface area contributed by atoms with E-state index < -0.39 is 0 Å². The van der Waals surface area contributed by atoms with Gasteiger partial charge in [0.25, 0.3) is 5.56 Å². The Morgan fingerprint density at radius 1 is 1.24 bits per heavy atom. The number of ether oxygens (including phenoxy) is 1. The van der Waals surface area contributed by atoms with Crippen molar-refractivity contribution in [2.24, 2.45) is 0 Å². The standard InChI is InChI=1S/C20H26N6O3/c1-2-26-19(27)12-15-14-25(7-6-17(15)23-26)20(28)21-13-16-4-3-5-18(22-16)24-8-10-29-11-9-24/h3-5,12H,2,6-11,13-14H2,1H3,(H,21,28). The number of pyridine rings is 1. The Morgan fingerprint density at radius 3 is 2.86 bits per heavy atom. The van der Waals surface area contributed by atoms with Gasteiger partial charge in [-0.15, -0.1) is 0 Å². The minimum Gasteiger partial charge on any atom is -0.378 e. The first-order chi connectivity index (χ1) is 14.1. The Hall–Kier alpha value is -2.94. The summed E-state index contributed by atoms with van der Waals surface area (Å²) in [6.07, 6.45) is 0.647. The average Bonchev–Trinajstić information content (AvgIpc) is 2.77. The van der Waals surface area contributed by atoms with Gasteiger partial charge in [0.05, 0.1) is 31.1 Å². The lowest BCUT2D eigenvalue weighted by atomic mass is 10.1. The lowest BCUT2D eigenvalue weighted by Crippen LogP contribution is -2.43. The molecule has 0 unspecified atom stereocenters. The maximum absolute atomic E-state index is 12.6. The zero-order chi connectivity index (χ0) is 20.2. The lowest BCUT2D eigenvalue weighted by molar-refractivity contribution is 0.122. The molecule has 0 aliphatic carbocycles. The Kier molecular flexibility index (Phi) is 5.75. The van der Waals surface area contributed by atoms with Crippen LogP contribution in [-0.4, -0.2) is 58.5 Å². The molecular formula is C20H26N6O3. The molecule has 4 rings (SSSR count). The first-order valence-electron chi connectivity index (χ1n) is 10.1. The van der Waals surface area contributed by atoms with Gasteiger partial charge in [-0.25, -0.2) is 14.5 Å². The highest BCUT2D eigenvalue weighted by molar-refractivity contribution is 5.74. The van der Waals surface area contributed by atoms with Crippen molar-refractivity contribution in [3.05, 3.63) is 51.6 Å². The van der Waals surface area contributed by atoms with Gasteiger partial charge in [0.2, 0.25) is 0 Å². The van der Waals surface area contributed by atoms with E-state index in [1.807, 2.05) is 25.1 Å². The number of amides is 2. The second-order valence-corrected chi connectivity index (χ2v) is 7.19. The van der Waals surface area contributed by atoms with E-state index in [0.717, 1.165) is 35.9 Å². The van der Waals surface area contributed by atoms with Crippen LogP contribution in [0, 0.1) is 0 Å². The summed E-state index contributed by atoms with van der Waals surface area (Å²) < 4.78 is 6.85. The fourth-order valence-corrected chi connectivity index (χ4v) is 3.65. The van der Waals surface area contributed by atoms with Gasteiger partial charge >= 0.3 is 6.03 Å². The highest BCUT2D eigenvalue weighted by Crippen LogP contribution is 2.16. The molecule has 4 heterocycles. The van der Waals surface area contributed by atoms with Crippen LogP contribution in [-0.2, 0) is 30.8 Å². The third-order valence-corrected chi connectivity index (χ3v) is 5.28. The number of nitrogens with zero attached hydrogens (tertiary/aromatic N) is 5. The molecule has 2 aromatic heterocycles. The van der Waals surface area contributed by atoms with Crippen molar-refractivity contribution in [1.82, 2.24) is 25.0 Å². The normalized spacial score (nSPS) is 16.4. The van der Waals surface area contributed by atoms with Gasteiger partial charge in [0.1, 0.15) is 5.82 Å². The molecule has 1 saturated heterocycles. The molecular weight excluding hydrogens is 372 g/mol. The third kappa shape index (κ3) is 4.40. The molecule has 29 heavy (non-hydrogen) atoms. The smallest absolute Gasteiger partial charge is 0.318 e. The third-order valence-electron chi connectivity index (χ3n) is 5.28. The van der Waals surface area contributed by atoms with E-state index in [2.05, 4.69) is 20.3 Å². The van der Waals surface area contributed by atoms with Crippen LogP contribution in [0.25, 0.3) is 0 Å². The zero-order valence-electron chi connectivity index (χ0n) is 16.6. The number of rotatable bonds is 4. The van der Waals surface area contributed by atoms with Crippen molar-refractivity contribution in [3.8, 4) is 0 Å². The number of carbonyl (C=O) groups is 1. The second-order valence-electron chi connectivity index (χ2n) is 7.19. The van der Waals surface area contributed by atoms with Crippen LogP contribution in [0.15, 0.2) is 29.1 Å². The molecule has 9 heteroatoms. The summed E-state index contributed by atoms with van der Waals surface area (Å²) >= 11 is 0. The summed E-state index contributed by atoms with van der Waals surface area (Å²) in [6, 6.07) is 7.29. The largest absolute Gasteiger partial charge is 0.378 e. The summed E-state index contributed by atoms with van der Waals surface area (Å²) in [5.41, 5.74) is 2.41. The Labute approximate surface area is 169 Å². The van der Waals surface area contributed by atoms with E-state index in [9.17, 15) is 9.59 Å². The maximum Gasteiger partial charge on any atom is 0.318 e. The van der Waals surface area contributed by atoms with Gasteiger partial charge < -0.3 is 19.9 Å². The molecule has 0 saturated carbocycles. The van der Waals surface area contributed by atoms with E-state index in [-0.39, 0.29) is 11.6 Å². The van der Waals surface area contributed by atoms with Gasteiger partial charge in [-0.05, 0) is 19.1 Å². The van der Waals surface area contributed by atoms with Crippen LogP contribution in [0.2, 0.25) is 0 Å². The lowest BCUT2D eigenvalue weighted by Gasteiger charge is -2.29. The predicted octanol–water partition coefficient (Wildman–Crippen LogP) is 0.763. The Bertz CT molecular complexity index is 938. The summed E-state index contributed by atoms with van der Waals surface area (Å²) in [4.78, 5) is 33.2. The van der Waals surface area contributed by atoms with Crippen molar-refractivity contribution in [1.29, 1.82) is 0 Å². The van der Waals surface area contributed by atoms with Crippen molar-refractivity contribution >= 4 is 11.8 Å².